The molecule has 0 spiro atoms. The van der Waals surface area contributed by atoms with Gasteiger partial charge in [-0.05, 0) is 23.0 Å². The standard InChI is InChI=1S/C15H24O3/c1-15(2,3)13-6-4-11(5-7-13)8-12(9-16)14(18)10-17/h4-7,12,14,16-18H,8-10H2,1-3H3/t12-,14+/m0/s1. The van der Waals surface area contributed by atoms with E-state index in [2.05, 4.69) is 32.9 Å². The van der Waals surface area contributed by atoms with Crippen molar-refractivity contribution < 1.29 is 15.3 Å². The summed E-state index contributed by atoms with van der Waals surface area (Å²) in [6.07, 6.45) is -0.292. The Labute approximate surface area is 109 Å². The molecule has 1 rings (SSSR count). The van der Waals surface area contributed by atoms with Crippen molar-refractivity contribution in [2.24, 2.45) is 5.92 Å². The molecule has 1 aromatic rings. The predicted molar refractivity (Wildman–Crippen MR) is 72.5 cm³/mol. The fourth-order valence-corrected chi connectivity index (χ4v) is 1.91. The molecule has 0 amide bonds. The van der Waals surface area contributed by atoms with E-state index in [1.54, 1.807) is 0 Å². The normalized spacial score (nSPS) is 15.4. The molecule has 0 saturated carbocycles. The van der Waals surface area contributed by atoms with Gasteiger partial charge in [-0.1, -0.05) is 45.0 Å². The van der Waals surface area contributed by atoms with Crippen molar-refractivity contribution in [3.63, 3.8) is 0 Å². The molecule has 1 aromatic carbocycles. The summed E-state index contributed by atoms with van der Waals surface area (Å²) in [6, 6.07) is 8.20. The van der Waals surface area contributed by atoms with Crippen molar-refractivity contribution in [3.05, 3.63) is 35.4 Å². The van der Waals surface area contributed by atoms with E-state index in [0.717, 1.165) is 5.56 Å². The second-order valence-electron chi connectivity index (χ2n) is 5.84. The topological polar surface area (TPSA) is 60.7 Å². The second-order valence-corrected chi connectivity index (χ2v) is 5.84. The van der Waals surface area contributed by atoms with Crippen molar-refractivity contribution in [1.29, 1.82) is 0 Å². The maximum Gasteiger partial charge on any atom is 0.0824 e. The SMILES string of the molecule is CC(C)(C)c1ccc(C[C@@H](CO)[C@H](O)CO)cc1. The number of benzene rings is 1. The molecule has 2 atom stereocenters. The molecule has 3 nitrogen and oxygen atoms in total. The van der Waals surface area contributed by atoms with Crippen molar-refractivity contribution >= 4 is 0 Å². The Morgan fingerprint density at radius 2 is 1.56 bits per heavy atom. The number of hydrogen-bond acceptors (Lipinski definition) is 3. The lowest BCUT2D eigenvalue weighted by Crippen LogP contribution is -2.29. The maximum absolute atomic E-state index is 9.55. The van der Waals surface area contributed by atoms with Crippen LogP contribution in [0, 0.1) is 5.92 Å². The lowest BCUT2D eigenvalue weighted by atomic mass is 9.85. The lowest BCUT2D eigenvalue weighted by molar-refractivity contribution is 0.0228. The van der Waals surface area contributed by atoms with Gasteiger partial charge >= 0.3 is 0 Å². The van der Waals surface area contributed by atoms with E-state index < -0.39 is 6.10 Å². The Hall–Kier alpha value is -0.900. The summed E-state index contributed by atoms with van der Waals surface area (Å²) in [7, 11) is 0. The van der Waals surface area contributed by atoms with Crippen LogP contribution in [-0.4, -0.2) is 34.6 Å². The summed E-state index contributed by atoms with van der Waals surface area (Å²) in [5.74, 6) is -0.310. The third kappa shape index (κ3) is 4.09. The fraction of sp³-hybridized carbons (Fsp3) is 0.600. The van der Waals surface area contributed by atoms with E-state index in [0.29, 0.717) is 6.42 Å². The molecule has 3 N–H and O–H groups in total. The summed E-state index contributed by atoms with van der Waals surface area (Å²) >= 11 is 0. The summed E-state index contributed by atoms with van der Waals surface area (Å²) in [5.41, 5.74) is 2.45. The molecule has 0 fully saturated rings. The van der Waals surface area contributed by atoms with E-state index in [-0.39, 0.29) is 24.5 Å². The van der Waals surface area contributed by atoms with E-state index in [1.807, 2.05) is 12.1 Å². The highest BCUT2D eigenvalue weighted by Crippen LogP contribution is 2.23. The van der Waals surface area contributed by atoms with Crippen LogP contribution in [0.4, 0.5) is 0 Å². The third-order valence-corrected chi connectivity index (χ3v) is 3.28. The minimum atomic E-state index is -0.864. The smallest absolute Gasteiger partial charge is 0.0824 e. The Bertz CT molecular complexity index is 351. The van der Waals surface area contributed by atoms with Crippen LogP contribution in [0.5, 0.6) is 0 Å². The first kappa shape index (κ1) is 15.2. The van der Waals surface area contributed by atoms with Gasteiger partial charge in [0, 0.05) is 12.5 Å². The van der Waals surface area contributed by atoms with E-state index >= 15 is 0 Å². The van der Waals surface area contributed by atoms with Crippen LogP contribution in [0.25, 0.3) is 0 Å². The highest BCUT2D eigenvalue weighted by molar-refractivity contribution is 5.27. The zero-order chi connectivity index (χ0) is 13.8. The monoisotopic (exact) mass is 252 g/mol. The number of aliphatic hydroxyl groups is 3. The van der Waals surface area contributed by atoms with Gasteiger partial charge in [-0.15, -0.1) is 0 Å². The minimum Gasteiger partial charge on any atom is -0.396 e. The van der Waals surface area contributed by atoms with Crippen LogP contribution in [-0.2, 0) is 11.8 Å². The zero-order valence-corrected chi connectivity index (χ0v) is 11.4. The van der Waals surface area contributed by atoms with Crippen LogP contribution >= 0.6 is 0 Å². The molecule has 102 valence electrons. The van der Waals surface area contributed by atoms with Crippen LogP contribution in [0.2, 0.25) is 0 Å². The van der Waals surface area contributed by atoms with E-state index in [9.17, 15) is 10.2 Å². The minimum absolute atomic E-state index is 0.122. The van der Waals surface area contributed by atoms with Crippen LogP contribution in [0.3, 0.4) is 0 Å². The molecule has 18 heavy (non-hydrogen) atoms. The summed E-state index contributed by atoms with van der Waals surface area (Å²) in [4.78, 5) is 0. The molecule has 0 aliphatic carbocycles. The molecule has 0 unspecified atom stereocenters. The quantitative estimate of drug-likeness (QED) is 0.744. The summed E-state index contributed by atoms with van der Waals surface area (Å²) < 4.78 is 0. The van der Waals surface area contributed by atoms with Crippen LogP contribution in [0.15, 0.2) is 24.3 Å². The first-order valence-electron chi connectivity index (χ1n) is 6.37. The van der Waals surface area contributed by atoms with Gasteiger partial charge in [-0.2, -0.15) is 0 Å². The Morgan fingerprint density at radius 1 is 1.00 bits per heavy atom. The molecule has 0 aliphatic heterocycles. The first-order valence-corrected chi connectivity index (χ1v) is 6.37. The van der Waals surface area contributed by atoms with Crippen molar-refractivity contribution in [3.8, 4) is 0 Å². The molecule has 0 bridgehead atoms. The largest absolute Gasteiger partial charge is 0.396 e. The van der Waals surface area contributed by atoms with Gasteiger partial charge in [0.2, 0.25) is 0 Å². The Kier molecular flexibility index (Phi) is 5.32. The molecule has 0 aliphatic rings. The van der Waals surface area contributed by atoms with Crippen LogP contribution < -0.4 is 0 Å². The Balaban J connectivity index is 2.74. The van der Waals surface area contributed by atoms with Gasteiger partial charge in [-0.3, -0.25) is 0 Å². The highest BCUT2D eigenvalue weighted by atomic mass is 16.3. The van der Waals surface area contributed by atoms with Gasteiger partial charge in [0.25, 0.3) is 0 Å². The highest BCUT2D eigenvalue weighted by Gasteiger charge is 2.18. The number of rotatable bonds is 5. The molecular formula is C15H24O3. The van der Waals surface area contributed by atoms with Gasteiger partial charge in [0.15, 0.2) is 0 Å². The number of aliphatic hydroxyl groups excluding tert-OH is 3. The molecule has 0 saturated heterocycles. The zero-order valence-electron chi connectivity index (χ0n) is 11.4. The Morgan fingerprint density at radius 3 is 1.94 bits per heavy atom. The molecule has 0 radical (unpaired) electrons. The molecule has 0 aromatic heterocycles. The number of hydrogen-bond donors (Lipinski definition) is 3. The van der Waals surface area contributed by atoms with Crippen molar-refractivity contribution in [2.75, 3.05) is 13.2 Å². The average molecular weight is 252 g/mol. The van der Waals surface area contributed by atoms with E-state index in [4.69, 9.17) is 5.11 Å². The van der Waals surface area contributed by atoms with Gasteiger partial charge in [0.1, 0.15) is 0 Å². The summed E-state index contributed by atoms with van der Waals surface area (Å²) in [5, 5.41) is 27.7. The van der Waals surface area contributed by atoms with Crippen molar-refractivity contribution in [1.82, 2.24) is 0 Å². The molecular weight excluding hydrogens is 228 g/mol. The maximum atomic E-state index is 9.55. The third-order valence-electron chi connectivity index (χ3n) is 3.28. The van der Waals surface area contributed by atoms with Crippen molar-refractivity contribution in [2.45, 2.75) is 38.7 Å². The lowest BCUT2D eigenvalue weighted by Gasteiger charge is -2.21. The first-order chi connectivity index (χ1) is 8.38. The van der Waals surface area contributed by atoms with Gasteiger partial charge < -0.3 is 15.3 Å². The van der Waals surface area contributed by atoms with Gasteiger partial charge in [0.05, 0.1) is 12.7 Å². The average Bonchev–Trinajstić information content (AvgIpc) is 2.34. The summed E-state index contributed by atoms with van der Waals surface area (Å²) in [6.45, 7) is 6.05. The predicted octanol–water partition coefficient (Wildman–Crippen LogP) is 1.49. The van der Waals surface area contributed by atoms with E-state index in [1.165, 1.54) is 5.56 Å². The molecule has 0 heterocycles. The van der Waals surface area contributed by atoms with Gasteiger partial charge in [-0.25, -0.2) is 0 Å². The molecule has 3 heteroatoms. The fourth-order valence-electron chi connectivity index (χ4n) is 1.91. The van der Waals surface area contributed by atoms with Crippen LogP contribution in [0.1, 0.15) is 31.9 Å². The second kappa shape index (κ2) is 6.32.